The predicted molar refractivity (Wildman–Crippen MR) is 64.7 cm³/mol. The third-order valence-corrected chi connectivity index (χ3v) is 3.84. The maximum atomic E-state index is 6.09. The molecular weight excluding hydrogens is 228 g/mol. The second kappa shape index (κ2) is 3.15. The van der Waals surface area contributed by atoms with Crippen LogP contribution in [0.2, 0.25) is 5.15 Å². The number of nitrogens with zero attached hydrogens (tertiary/aromatic N) is 2. The van der Waals surface area contributed by atoms with Gasteiger partial charge in [0, 0.05) is 10.1 Å². The first kappa shape index (κ1) is 9.07. The minimum absolute atomic E-state index is 0.554. The molecule has 2 aromatic heterocycles. The van der Waals surface area contributed by atoms with Crippen molar-refractivity contribution >= 4 is 43.2 Å². The van der Waals surface area contributed by atoms with E-state index in [9.17, 15) is 0 Å². The Balaban J connectivity index is 2.61. The number of fused-ring (bicyclic) bond motifs is 3. The number of thiophene rings is 1. The Morgan fingerprint density at radius 2 is 2.00 bits per heavy atom. The van der Waals surface area contributed by atoms with Gasteiger partial charge in [-0.15, -0.1) is 11.3 Å². The van der Waals surface area contributed by atoms with Crippen molar-refractivity contribution in [2.24, 2.45) is 0 Å². The van der Waals surface area contributed by atoms with E-state index in [2.05, 4.69) is 22.1 Å². The zero-order valence-corrected chi connectivity index (χ0v) is 9.56. The van der Waals surface area contributed by atoms with Gasteiger partial charge in [-0.2, -0.15) is 0 Å². The van der Waals surface area contributed by atoms with Gasteiger partial charge in [0.15, 0.2) is 5.15 Å². The molecule has 0 radical (unpaired) electrons. The van der Waals surface area contributed by atoms with Gasteiger partial charge in [0.25, 0.3) is 0 Å². The van der Waals surface area contributed by atoms with Crippen LogP contribution < -0.4 is 0 Å². The summed E-state index contributed by atoms with van der Waals surface area (Å²) in [6.07, 6.45) is 0. The summed E-state index contributed by atoms with van der Waals surface area (Å²) < 4.78 is 2.18. The van der Waals surface area contributed by atoms with Crippen LogP contribution in [0.25, 0.3) is 20.3 Å². The molecule has 0 bridgehead atoms. The molecule has 0 unspecified atom stereocenters. The lowest BCUT2D eigenvalue weighted by Gasteiger charge is -1.95. The third kappa shape index (κ3) is 1.31. The van der Waals surface area contributed by atoms with Gasteiger partial charge >= 0.3 is 0 Å². The smallest absolute Gasteiger partial charge is 0.150 e. The van der Waals surface area contributed by atoms with Gasteiger partial charge in [0.1, 0.15) is 5.82 Å². The topological polar surface area (TPSA) is 25.8 Å². The Labute approximate surface area is 95.5 Å². The molecule has 74 valence electrons. The van der Waals surface area contributed by atoms with Crippen LogP contribution in [0.4, 0.5) is 0 Å². The fraction of sp³-hybridized carbons (Fsp3) is 0.0909. The summed E-state index contributed by atoms with van der Waals surface area (Å²) in [4.78, 5) is 8.60. The van der Waals surface area contributed by atoms with Crippen LogP contribution in [0, 0.1) is 6.92 Å². The normalized spacial score (nSPS) is 11.3. The molecule has 3 aromatic rings. The van der Waals surface area contributed by atoms with Crippen LogP contribution in [0.15, 0.2) is 24.3 Å². The number of hydrogen-bond acceptors (Lipinski definition) is 3. The van der Waals surface area contributed by atoms with Gasteiger partial charge in [-0.3, -0.25) is 0 Å². The van der Waals surface area contributed by atoms with E-state index in [1.54, 1.807) is 11.3 Å². The van der Waals surface area contributed by atoms with Crippen molar-refractivity contribution in [3.63, 3.8) is 0 Å². The molecule has 0 atom stereocenters. The maximum absolute atomic E-state index is 6.09. The van der Waals surface area contributed by atoms with Crippen molar-refractivity contribution in [1.82, 2.24) is 9.97 Å². The van der Waals surface area contributed by atoms with Crippen molar-refractivity contribution in [1.29, 1.82) is 0 Å². The lowest BCUT2D eigenvalue weighted by molar-refractivity contribution is 1.10. The molecule has 0 saturated carbocycles. The Morgan fingerprint density at radius 1 is 1.20 bits per heavy atom. The molecule has 0 saturated heterocycles. The van der Waals surface area contributed by atoms with E-state index in [1.807, 2.05) is 19.1 Å². The molecule has 4 heteroatoms. The molecule has 0 amide bonds. The highest BCUT2D eigenvalue weighted by atomic mass is 35.5. The SMILES string of the molecule is Cc1nc(Cl)c2sc3ccccc3c2n1. The largest absolute Gasteiger partial charge is 0.232 e. The minimum atomic E-state index is 0.554. The van der Waals surface area contributed by atoms with E-state index >= 15 is 0 Å². The fourth-order valence-electron chi connectivity index (χ4n) is 1.66. The average molecular weight is 235 g/mol. The fourth-order valence-corrected chi connectivity index (χ4v) is 3.01. The van der Waals surface area contributed by atoms with Crippen LogP contribution in [0.3, 0.4) is 0 Å². The summed E-state index contributed by atoms with van der Waals surface area (Å²) >= 11 is 7.73. The molecule has 0 N–H and O–H groups in total. The van der Waals surface area contributed by atoms with E-state index in [1.165, 1.54) is 4.70 Å². The zero-order chi connectivity index (χ0) is 10.4. The van der Waals surface area contributed by atoms with Gasteiger partial charge in [0.2, 0.25) is 0 Å². The van der Waals surface area contributed by atoms with E-state index < -0.39 is 0 Å². The number of rotatable bonds is 0. The van der Waals surface area contributed by atoms with Gasteiger partial charge in [-0.1, -0.05) is 29.8 Å². The Morgan fingerprint density at radius 3 is 2.87 bits per heavy atom. The van der Waals surface area contributed by atoms with Crippen molar-refractivity contribution in [3.8, 4) is 0 Å². The quantitative estimate of drug-likeness (QED) is 0.553. The lowest BCUT2D eigenvalue weighted by atomic mass is 10.2. The first-order chi connectivity index (χ1) is 7.25. The highest BCUT2D eigenvalue weighted by Crippen LogP contribution is 2.35. The average Bonchev–Trinajstić information content (AvgIpc) is 2.57. The molecule has 2 heterocycles. The summed E-state index contributed by atoms with van der Waals surface area (Å²) in [6.45, 7) is 1.86. The van der Waals surface area contributed by atoms with Gasteiger partial charge in [-0.05, 0) is 13.0 Å². The second-order valence-electron chi connectivity index (χ2n) is 3.34. The minimum Gasteiger partial charge on any atom is -0.232 e. The van der Waals surface area contributed by atoms with Gasteiger partial charge in [0.05, 0.1) is 10.2 Å². The third-order valence-electron chi connectivity index (χ3n) is 2.29. The zero-order valence-electron chi connectivity index (χ0n) is 7.99. The molecule has 0 aliphatic rings. The molecule has 0 fully saturated rings. The summed E-state index contributed by atoms with van der Waals surface area (Å²) in [6, 6.07) is 8.18. The number of hydrogen-bond donors (Lipinski definition) is 0. The number of aromatic nitrogens is 2. The van der Waals surface area contributed by atoms with Crippen molar-refractivity contribution < 1.29 is 0 Å². The van der Waals surface area contributed by atoms with Gasteiger partial charge in [-0.25, -0.2) is 9.97 Å². The summed E-state index contributed by atoms with van der Waals surface area (Å²) in [7, 11) is 0. The summed E-state index contributed by atoms with van der Waals surface area (Å²) in [5.74, 6) is 0.719. The predicted octanol–water partition coefficient (Wildman–Crippen LogP) is 3.81. The molecule has 0 aliphatic heterocycles. The highest BCUT2D eigenvalue weighted by Gasteiger charge is 2.10. The number of halogens is 1. The highest BCUT2D eigenvalue weighted by molar-refractivity contribution is 7.26. The monoisotopic (exact) mass is 234 g/mol. The Kier molecular flexibility index (Phi) is 1.90. The molecule has 0 aliphatic carbocycles. The van der Waals surface area contributed by atoms with E-state index in [0.717, 1.165) is 21.4 Å². The van der Waals surface area contributed by atoms with E-state index in [0.29, 0.717) is 5.15 Å². The molecule has 0 spiro atoms. The first-order valence-electron chi connectivity index (χ1n) is 4.57. The first-order valence-corrected chi connectivity index (χ1v) is 5.76. The standard InChI is InChI=1S/C11H7ClN2S/c1-6-13-9-7-4-2-3-5-8(7)15-10(9)11(12)14-6/h2-5H,1H3. The van der Waals surface area contributed by atoms with Crippen molar-refractivity contribution in [3.05, 3.63) is 35.2 Å². The maximum Gasteiger partial charge on any atom is 0.150 e. The molecule has 15 heavy (non-hydrogen) atoms. The lowest BCUT2D eigenvalue weighted by Crippen LogP contribution is -1.86. The van der Waals surface area contributed by atoms with Crippen LogP contribution in [-0.2, 0) is 0 Å². The van der Waals surface area contributed by atoms with Crippen LogP contribution >= 0.6 is 22.9 Å². The van der Waals surface area contributed by atoms with Crippen LogP contribution in [-0.4, -0.2) is 9.97 Å². The summed E-state index contributed by atoms with van der Waals surface area (Å²) in [5, 5.41) is 1.71. The van der Waals surface area contributed by atoms with E-state index in [-0.39, 0.29) is 0 Å². The molecule has 3 rings (SSSR count). The van der Waals surface area contributed by atoms with E-state index in [4.69, 9.17) is 11.6 Å². The number of benzene rings is 1. The van der Waals surface area contributed by atoms with Crippen molar-refractivity contribution in [2.75, 3.05) is 0 Å². The molecule has 2 nitrogen and oxygen atoms in total. The van der Waals surface area contributed by atoms with Crippen LogP contribution in [0.1, 0.15) is 5.82 Å². The second-order valence-corrected chi connectivity index (χ2v) is 4.75. The molecular formula is C11H7ClN2S. The molecule has 1 aromatic carbocycles. The van der Waals surface area contributed by atoms with Gasteiger partial charge < -0.3 is 0 Å². The number of aryl methyl sites for hydroxylation is 1. The Bertz CT molecular complexity index is 660. The summed E-state index contributed by atoms with van der Waals surface area (Å²) in [5.41, 5.74) is 0.966. The van der Waals surface area contributed by atoms with Crippen LogP contribution in [0.5, 0.6) is 0 Å². The Hall–Kier alpha value is -1.19. The van der Waals surface area contributed by atoms with Crippen molar-refractivity contribution in [2.45, 2.75) is 6.92 Å².